The molecular formula is C14H14N2O4. The van der Waals surface area contributed by atoms with E-state index < -0.39 is 18.1 Å². The van der Waals surface area contributed by atoms with Gasteiger partial charge in [0.25, 0.3) is 5.91 Å². The molecule has 0 saturated heterocycles. The predicted octanol–water partition coefficient (Wildman–Crippen LogP) is 1.28. The van der Waals surface area contributed by atoms with E-state index in [4.69, 9.17) is 4.74 Å². The second-order valence-corrected chi connectivity index (χ2v) is 4.40. The van der Waals surface area contributed by atoms with Crippen LogP contribution in [0, 0.1) is 11.3 Å². The SMILES string of the molecule is COC(=O)C(C)N1C(=O)c2ccc(OC)cc2C1C#N. The standard InChI is InChI=1S/C14H14N2O4/c1-8(14(18)20-3)16-12(7-15)11-6-9(19-2)4-5-10(11)13(16)17/h4-6,8,12H,1-3H3. The average molecular weight is 274 g/mol. The van der Waals surface area contributed by atoms with Gasteiger partial charge in [-0.05, 0) is 25.1 Å². The molecule has 1 aromatic carbocycles. The van der Waals surface area contributed by atoms with Crippen LogP contribution in [0.15, 0.2) is 18.2 Å². The quantitative estimate of drug-likeness (QED) is 0.776. The van der Waals surface area contributed by atoms with Gasteiger partial charge in [-0.15, -0.1) is 0 Å². The summed E-state index contributed by atoms with van der Waals surface area (Å²) < 4.78 is 9.74. The van der Waals surface area contributed by atoms with Crippen LogP contribution in [0.5, 0.6) is 5.75 Å². The van der Waals surface area contributed by atoms with E-state index >= 15 is 0 Å². The zero-order valence-corrected chi connectivity index (χ0v) is 11.4. The van der Waals surface area contributed by atoms with Gasteiger partial charge in [0.2, 0.25) is 0 Å². The summed E-state index contributed by atoms with van der Waals surface area (Å²) >= 11 is 0. The minimum absolute atomic E-state index is 0.355. The number of carbonyl (C=O) groups is 2. The van der Waals surface area contributed by atoms with Crippen molar-refractivity contribution < 1.29 is 19.1 Å². The summed E-state index contributed by atoms with van der Waals surface area (Å²) in [5, 5.41) is 9.33. The van der Waals surface area contributed by atoms with Gasteiger partial charge < -0.3 is 14.4 Å². The topological polar surface area (TPSA) is 79.6 Å². The summed E-state index contributed by atoms with van der Waals surface area (Å²) in [5.74, 6) is -0.352. The van der Waals surface area contributed by atoms with Gasteiger partial charge >= 0.3 is 5.97 Å². The van der Waals surface area contributed by atoms with Gasteiger partial charge in [0.15, 0.2) is 0 Å². The summed E-state index contributed by atoms with van der Waals surface area (Å²) in [6.07, 6.45) is 0. The molecule has 1 aliphatic heterocycles. The number of nitrogens with zero attached hydrogens (tertiary/aromatic N) is 2. The van der Waals surface area contributed by atoms with Gasteiger partial charge in [-0.2, -0.15) is 5.26 Å². The van der Waals surface area contributed by atoms with Crippen molar-refractivity contribution in [2.24, 2.45) is 0 Å². The van der Waals surface area contributed by atoms with E-state index in [2.05, 4.69) is 10.8 Å². The van der Waals surface area contributed by atoms with E-state index in [1.807, 2.05) is 0 Å². The highest BCUT2D eigenvalue weighted by Gasteiger charge is 2.42. The Kier molecular flexibility index (Phi) is 3.61. The molecule has 1 aliphatic rings. The first-order valence-electron chi connectivity index (χ1n) is 6.03. The van der Waals surface area contributed by atoms with Crippen LogP contribution in [0.1, 0.15) is 28.9 Å². The van der Waals surface area contributed by atoms with E-state index in [0.717, 1.165) is 0 Å². The largest absolute Gasteiger partial charge is 0.497 e. The minimum Gasteiger partial charge on any atom is -0.497 e. The number of benzene rings is 1. The van der Waals surface area contributed by atoms with Crippen molar-refractivity contribution in [3.63, 3.8) is 0 Å². The molecule has 2 rings (SSSR count). The lowest BCUT2D eigenvalue weighted by atomic mass is 10.0. The second kappa shape index (κ2) is 5.21. The van der Waals surface area contributed by atoms with Crippen molar-refractivity contribution in [1.29, 1.82) is 5.26 Å². The van der Waals surface area contributed by atoms with Crippen LogP contribution in [0.25, 0.3) is 0 Å². The molecule has 20 heavy (non-hydrogen) atoms. The normalized spacial score (nSPS) is 18.2. The van der Waals surface area contributed by atoms with Gasteiger partial charge in [-0.3, -0.25) is 4.79 Å². The van der Waals surface area contributed by atoms with E-state index in [1.54, 1.807) is 18.2 Å². The number of fused-ring (bicyclic) bond motifs is 1. The molecule has 0 aromatic heterocycles. The fourth-order valence-corrected chi connectivity index (χ4v) is 2.31. The van der Waals surface area contributed by atoms with Crippen LogP contribution in [0.3, 0.4) is 0 Å². The van der Waals surface area contributed by atoms with E-state index in [1.165, 1.54) is 26.0 Å². The number of methoxy groups -OCH3 is 2. The molecule has 2 unspecified atom stereocenters. The Hall–Kier alpha value is -2.55. The Balaban J connectivity index is 2.47. The average Bonchev–Trinajstić information content (AvgIpc) is 2.77. The van der Waals surface area contributed by atoms with Gasteiger partial charge in [-0.1, -0.05) is 0 Å². The van der Waals surface area contributed by atoms with Crippen molar-refractivity contribution in [1.82, 2.24) is 4.90 Å². The summed E-state index contributed by atoms with van der Waals surface area (Å²) in [5.41, 5.74) is 0.959. The lowest BCUT2D eigenvalue weighted by Gasteiger charge is -2.25. The van der Waals surface area contributed by atoms with Crippen molar-refractivity contribution in [3.05, 3.63) is 29.3 Å². The fourth-order valence-electron chi connectivity index (χ4n) is 2.31. The molecule has 0 fully saturated rings. The van der Waals surface area contributed by atoms with Gasteiger partial charge in [0.1, 0.15) is 17.8 Å². The number of rotatable bonds is 3. The minimum atomic E-state index is -0.824. The zero-order chi connectivity index (χ0) is 14.9. The zero-order valence-electron chi connectivity index (χ0n) is 11.4. The maximum Gasteiger partial charge on any atom is 0.328 e. The molecule has 0 spiro atoms. The van der Waals surface area contributed by atoms with Gasteiger partial charge in [-0.25, -0.2) is 4.79 Å². The van der Waals surface area contributed by atoms with Crippen LogP contribution in [0.4, 0.5) is 0 Å². The number of hydrogen-bond acceptors (Lipinski definition) is 5. The first-order valence-corrected chi connectivity index (χ1v) is 6.03. The number of ether oxygens (including phenoxy) is 2. The lowest BCUT2D eigenvalue weighted by molar-refractivity contribution is -0.145. The Morgan fingerprint density at radius 3 is 2.70 bits per heavy atom. The maximum atomic E-state index is 12.4. The maximum absolute atomic E-state index is 12.4. The van der Waals surface area contributed by atoms with Crippen LogP contribution < -0.4 is 4.74 Å². The van der Waals surface area contributed by atoms with Crippen molar-refractivity contribution in [2.45, 2.75) is 19.0 Å². The molecule has 0 saturated carbocycles. The molecule has 1 amide bonds. The monoisotopic (exact) mass is 274 g/mol. The van der Waals surface area contributed by atoms with Crippen LogP contribution >= 0.6 is 0 Å². The lowest BCUT2D eigenvalue weighted by Crippen LogP contribution is -2.41. The molecule has 6 heteroatoms. The molecular weight excluding hydrogens is 260 g/mol. The van der Waals surface area contributed by atoms with Crippen molar-refractivity contribution >= 4 is 11.9 Å². The third-order valence-corrected chi connectivity index (χ3v) is 3.38. The fraction of sp³-hybridized carbons (Fsp3) is 0.357. The van der Waals surface area contributed by atoms with Gasteiger partial charge in [0.05, 0.1) is 20.3 Å². The van der Waals surface area contributed by atoms with Crippen molar-refractivity contribution in [3.8, 4) is 11.8 Å². The molecule has 0 aliphatic carbocycles. The first-order chi connectivity index (χ1) is 9.54. The highest BCUT2D eigenvalue weighted by Crippen LogP contribution is 2.36. The van der Waals surface area contributed by atoms with Crippen molar-refractivity contribution in [2.75, 3.05) is 14.2 Å². The van der Waals surface area contributed by atoms with E-state index in [-0.39, 0.29) is 5.91 Å². The molecule has 0 radical (unpaired) electrons. The Morgan fingerprint density at radius 1 is 1.45 bits per heavy atom. The Labute approximate surface area is 116 Å². The molecule has 1 heterocycles. The highest BCUT2D eigenvalue weighted by atomic mass is 16.5. The van der Waals surface area contributed by atoms with E-state index in [0.29, 0.717) is 16.9 Å². The summed E-state index contributed by atoms with van der Waals surface area (Å²) in [6, 6.07) is 5.31. The molecule has 2 atom stereocenters. The second-order valence-electron chi connectivity index (χ2n) is 4.40. The molecule has 6 nitrogen and oxygen atoms in total. The predicted molar refractivity (Wildman–Crippen MR) is 69.0 cm³/mol. The number of carbonyl (C=O) groups excluding carboxylic acids is 2. The number of esters is 1. The number of hydrogen-bond donors (Lipinski definition) is 0. The van der Waals surface area contributed by atoms with Crippen LogP contribution in [-0.2, 0) is 9.53 Å². The molecule has 104 valence electrons. The third-order valence-electron chi connectivity index (χ3n) is 3.38. The summed E-state index contributed by atoms with van der Waals surface area (Å²) in [6.45, 7) is 1.54. The smallest absolute Gasteiger partial charge is 0.328 e. The molecule has 0 N–H and O–H groups in total. The van der Waals surface area contributed by atoms with E-state index in [9.17, 15) is 14.9 Å². The summed E-state index contributed by atoms with van der Waals surface area (Å²) in [4.78, 5) is 25.2. The molecule has 1 aromatic rings. The van der Waals surface area contributed by atoms with Crippen LogP contribution in [0.2, 0.25) is 0 Å². The highest BCUT2D eigenvalue weighted by molar-refractivity contribution is 6.02. The summed E-state index contributed by atoms with van der Waals surface area (Å²) in [7, 11) is 2.76. The van der Waals surface area contributed by atoms with Gasteiger partial charge in [0, 0.05) is 11.1 Å². The Morgan fingerprint density at radius 2 is 2.15 bits per heavy atom. The Bertz CT molecular complexity index is 606. The number of nitriles is 1. The third kappa shape index (κ3) is 1.97. The number of amides is 1. The van der Waals surface area contributed by atoms with Crippen LogP contribution in [-0.4, -0.2) is 37.0 Å². The first kappa shape index (κ1) is 13.9. The molecule has 0 bridgehead atoms.